The Hall–Kier alpha value is -1.46. The largest absolute Gasteiger partial charge is 0.493 e. The van der Waals surface area contributed by atoms with E-state index in [9.17, 15) is 0 Å². The van der Waals surface area contributed by atoms with Crippen LogP contribution in [0.4, 0.5) is 0 Å². The van der Waals surface area contributed by atoms with Gasteiger partial charge >= 0.3 is 0 Å². The second-order valence-corrected chi connectivity index (χ2v) is 5.25. The second kappa shape index (κ2) is 7.52. The van der Waals surface area contributed by atoms with E-state index in [0.717, 1.165) is 31.6 Å². The fraction of sp³-hybridized carbons (Fsp3) is 0.625. The van der Waals surface area contributed by atoms with E-state index in [0.29, 0.717) is 29.4 Å². The van der Waals surface area contributed by atoms with Crippen LogP contribution in [0.25, 0.3) is 0 Å². The van der Waals surface area contributed by atoms with Gasteiger partial charge in [-0.3, -0.25) is 0 Å². The van der Waals surface area contributed by atoms with Crippen molar-refractivity contribution in [3.63, 3.8) is 0 Å². The predicted octanol–water partition coefficient (Wildman–Crippen LogP) is 2.37. The zero-order valence-corrected chi connectivity index (χ0v) is 13.3. The Kier molecular flexibility index (Phi) is 5.70. The molecule has 2 unspecified atom stereocenters. The van der Waals surface area contributed by atoms with Crippen molar-refractivity contribution >= 4 is 0 Å². The topological polar surface area (TPSA) is 49.0 Å². The number of benzene rings is 1. The summed E-state index contributed by atoms with van der Waals surface area (Å²) in [6.07, 6.45) is 2.59. The molecule has 0 aliphatic carbocycles. The predicted molar refractivity (Wildman–Crippen MR) is 81.4 cm³/mol. The number of hydrogen-bond donors (Lipinski definition) is 1. The third-order valence-electron chi connectivity index (χ3n) is 3.88. The summed E-state index contributed by atoms with van der Waals surface area (Å²) in [4.78, 5) is 0. The van der Waals surface area contributed by atoms with Crippen molar-refractivity contribution in [1.82, 2.24) is 5.32 Å². The molecule has 118 valence electrons. The van der Waals surface area contributed by atoms with E-state index in [1.807, 2.05) is 12.1 Å². The van der Waals surface area contributed by atoms with Crippen LogP contribution in [0.3, 0.4) is 0 Å². The Balaban J connectivity index is 2.05. The lowest BCUT2D eigenvalue weighted by atomic mass is 10.1. The molecule has 1 N–H and O–H groups in total. The lowest BCUT2D eigenvalue weighted by molar-refractivity contribution is 0.0832. The minimum absolute atomic E-state index is 0.312. The van der Waals surface area contributed by atoms with E-state index >= 15 is 0 Å². The second-order valence-electron chi connectivity index (χ2n) is 5.25. The van der Waals surface area contributed by atoms with Crippen molar-refractivity contribution in [1.29, 1.82) is 0 Å². The third kappa shape index (κ3) is 3.80. The van der Waals surface area contributed by atoms with Crippen molar-refractivity contribution in [3.8, 4) is 17.2 Å². The van der Waals surface area contributed by atoms with E-state index in [4.69, 9.17) is 18.9 Å². The van der Waals surface area contributed by atoms with Crippen LogP contribution in [-0.2, 0) is 11.3 Å². The van der Waals surface area contributed by atoms with Crippen LogP contribution in [0.2, 0.25) is 0 Å². The number of hydrogen-bond acceptors (Lipinski definition) is 5. The fourth-order valence-electron chi connectivity index (χ4n) is 2.64. The van der Waals surface area contributed by atoms with Gasteiger partial charge in [0.15, 0.2) is 11.5 Å². The first-order valence-corrected chi connectivity index (χ1v) is 7.33. The van der Waals surface area contributed by atoms with Gasteiger partial charge in [0.05, 0.1) is 27.4 Å². The van der Waals surface area contributed by atoms with E-state index in [-0.39, 0.29) is 0 Å². The van der Waals surface area contributed by atoms with Crippen LogP contribution < -0.4 is 19.5 Å². The van der Waals surface area contributed by atoms with Crippen LogP contribution >= 0.6 is 0 Å². The highest BCUT2D eigenvalue weighted by Crippen LogP contribution is 2.38. The van der Waals surface area contributed by atoms with Crippen LogP contribution in [0, 0.1) is 0 Å². The summed E-state index contributed by atoms with van der Waals surface area (Å²) in [6.45, 7) is 3.77. The van der Waals surface area contributed by atoms with Gasteiger partial charge in [-0.15, -0.1) is 0 Å². The van der Waals surface area contributed by atoms with E-state index in [1.165, 1.54) is 0 Å². The van der Waals surface area contributed by atoms with Crippen LogP contribution in [0.15, 0.2) is 12.1 Å². The number of methoxy groups -OCH3 is 3. The zero-order valence-electron chi connectivity index (χ0n) is 13.3. The molecule has 1 aromatic carbocycles. The summed E-state index contributed by atoms with van der Waals surface area (Å²) in [6, 6.07) is 4.26. The standard InChI is InChI=1S/C16H25NO4/c1-11(13-6-5-7-21-13)17-10-12-8-14(18-2)16(20-4)15(9-12)19-3/h8-9,11,13,17H,5-7,10H2,1-4H3. The molecule has 5 heteroatoms. The Bertz CT molecular complexity index is 433. The van der Waals surface area contributed by atoms with Gasteiger partial charge in [-0.1, -0.05) is 0 Å². The Labute approximate surface area is 126 Å². The Morgan fingerprint density at radius 2 is 1.86 bits per heavy atom. The maximum absolute atomic E-state index is 5.70. The van der Waals surface area contributed by atoms with Crippen molar-refractivity contribution < 1.29 is 18.9 Å². The quantitative estimate of drug-likeness (QED) is 0.837. The fourth-order valence-corrected chi connectivity index (χ4v) is 2.64. The van der Waals surface area contributed by atoms with Gasteiger partial charge in [-0.25, -0.2) is 0 Å². The van der Waals surface area contributed by atoms with Crippen molar-refractivity contribution in [2.75, 3.05) is 27.9 Å². The van der Waals surface area contributed by atoms with E-state index < -0.39 is 0 Å². The molecule has 0 aromatic heterocycles. The van der Waals surface area contributed by atoms with Gasteiger partial charge in [-0.05, 0) is 37.5 Å². The van der Waals surface area contributed by atoms with E-state index in [1.54, 1.807) is 21.3 Å². The normalized spacial score (nSPS) is 19.3. The van der Waals surface area contributed by atoms with E-state index in [2.05, 4.69) is 12.2 Å². The van der Waals surface area contributed by atoms with Gasteiger partial charge in [-0.2, -0.15) is 0 Å². The summed E-state index contributed by atoms with van der Waals surface area (Å²) in [7, 11) is 4.87. The average Bonchev–Trinajstić information content (AvgIpc) is 3.05. The molecule has 2 rings (SSSR count). The minimum Gasteiger partial charge on any atom is -0.493 e. The summed E-state index contributed by atoms with van der Waals surface area (Å²) >= 11 is 0. The van der Waals surface area contributed by atoms with Gasteiger partial charge < -0.3 is 24.3 Å². The molecule has 0 bridgehead atoms. The lowest BCUT2D eigenvalue weighted by Gasteiger charge is -2.21. The highest BCUT2D eigenvalue weighted by Gasteiger charge is 2.22. The molecule has 0 radical (unpaired) electrons. The molecule has 0 spiro atoms. The molecule has 1 aliphatic heterocycles. The summed E-state index contributed by atoms with van der Waals surface area (Å²) in [5.74, 6) is 1.98. The Morgan fingerprint density at radius 1 is 1.19 bits per heavy atom. The maximum Gasteiger partial charge on any atom is 0.203 e. The van der Waals surface area contributed by atoms with Gasteiger partial charge in [0.25, 0.3) is 0 Å². The molecule has 0 saturated carbocycles. The van der Waals surface area contributed by atoms with Crippen molar-refractivity contribution in [2.24, 2.45) is 0 Å². The first-order valence-electron chi connectivity index (χ1n) is 7.33. The first-order chi connectivity index (χ1) is 10.2. The van der Waals surface area contributed by atoms with Crippen molar-refractivity contribution in [3.05, 3.63) is 17.7 Å². The molecule has 1 fully saturated rings. The smallest absolute Gasteiger partial charge is 0.203 e. The number of rotatable bonds is 7. The molecule has 5 nitrogen and oxygen atoms in total. The summed E-state index contributed by atoms with van der Waals surface area (Å²) in [5, 5.41) is 3.50. The monoisotopic (exact) mass is 295 g/mol. The van der Waals surface area contributed by atoms with Crippen LogP contribution in [0.5, 0.6) is 17.2 Å². The molecule has 2 atom stereocenters. The Morgan fingerprint density at radius 3 is 2.33 bits per heavy atom. The molecule has 0 amide bonds. The summed E-state index contributed by atoms with van der Waals surface area (Å²) < 4.78 is 21.8. The highest BCUT2D eigenvalue weighted by molar-refractivity contribution is 5.53. The SMILES string of the molecule is COc1cc(CNC(C)C2CCCO2)cc(OC)c1OC. The highest BCUT2D eigenvalue weighted by atomic mass is 16.5. The zero-order chi connectivity index (χ0) is 15.2. The minimum atomic E-state index is 0.312. The average molecular weight is 295 g/mol. The lowest BCUT2D eigenvalue weighted by Crippen LogP contribution is -2.36. The first kappa shape index (κ1) is 15.9. The molecule has 1 aromatic rings. The number of nitrogens with one attached hydrogen (secondary N) is 1. The summed E-state index contributed by atoms with van der Waals surface area (Å²) in [5.41, 5.74) is 1.09. The molecule has 21 heavy (non-hydrogen) atoms. The van der Waals surface area contributed by atoms with Gasteiger partial charge in [0, 0.05) is 19.2 Å². The molecular weight excluding hydrogens is 270 g/mol. The third-order valence-corrected chi connectivity index (χ3v) is 3.88. The van der Waals surface area contributed by atoms with Crippen LogP contribution in [0.1, 0.15) is 25.3 Å². The maximum atomic E-state index is 5.70. The molecule has 1 saturated heterocycles. The molecular formula is C16H25NO4. The van der Waals surface area contributed by atoms with Crippen LogP contribution in [-0.4, -0.2) is 40.1 Å². The van der Waals surface area contributed by atoms with Gasteiger partial charge in [0.2, 0.25) is 5.75 Å². The molecule has 1 aliphatic rings. The molecule has 1 heterocycles. The number of ether oxygens (including phenoxy) is 4. The van der Waals surface area contributed by atoms with Gasteiger partial charge in [0.1, 0.15) is 0 Å². The van der Waals surface area contributed by atoms with Crippen molar-refractivity contribution in [2.45, 2.75) is 38.5 Å².